The number of fused-ring (bicyclic) bond motifs is 1. The van der Waals surface area contributed by atoms with E-state index in [0.717, 1.165) is 55.0 Å². The van der Waals surface area contributed by atoms with Crippen molar-refractivity contribution in [2.24, 2.45) is 17.0 Å². The van der Waals surface area contributed by atoms with Crippen molar-refractivity contribution in [1.82, 2.24) is 24.8 Å². The lowest BCUT2D eigenvalue weighted by Crippen LogP contribution is -2.70. The average molecular weight is 904 g/mol. The molecule has 2 aromatic heterocycles. The van der Waals surface area contributed by atoms with E-state index in [-0.39, 0.29) is 17.5 Å². The summed E-state index contributed by atoms with van der Waals surface area (Å²) in [5.41, 5.74) is 9.38. The first-order chi connectivity index (χ1) is 30.6. The summed E-state index contributed by atoms with van der Waals surface area (Å²) in [5, 5.41) is 14.5. The van der Waals surface area contributed by atoms with Crippen LogP contribution in [0.2, 0.25) is 0 Å². The smallest absolute Gasteiger partial charge is 0.358 e. The molecule has 3 unspecified atom stereocenters. The number of amides is 2. The molecule has 14 nitrogen and oxygen atoms in total. The van der Waals surface area contributed by atoms with E-state index in [1.165, 1.54) is 39.5 Å². The lowest BCUT2D eigenvalue weighted by molar-refractivity contribution is -0.198. The number of oxime groups is 1. The van der Waals surface area contributed by atoms with Crippen LogP contribution in [-0.4, -0.2) is 72.9 Å². The molecule has 1 saturated carbocycles. The molecule has 3 N–H and O–H groups in total. The summed E-state index contributed by atoms with van der Waals surface area (Å²) in [6.07, 6.45) is 7.64. The average Bonchev–Trinajstić information content (AvgIpc) is 4.01. The molecule has 2 aliphatic heterocycles. The number of rotatable bonds is 15. The maximum Gasteiger partial charge on any atom is 0.358 e. The fourth-order valence-corrected chi connectivity index (χ4v) is 10.2. The molecule has 3 aromatic carbocycles. The highest BCUT2D eigenvalue weighted by Gasteiger charge is 2.54. The Balaban J connectivity index is 1.04. The molecule has 5 aromatic rings. The van der Waals surface area contributed by atoms with Crippen LogP contribution in [0.5, 0.6) is 0 Å². The quantitative estimate of drug-likeness (QED) is 0.0263. The molecule has 3 aliphatic rings. The van der Waals surface area contributed by atoms with E-state index in [1.54, 1.807) is 31.4 Å². The second-order valence-electron chi connectivity index (χ2n) is 15.6. The Labute approximate surface area is 376 Å². The lowest BCUT2D eigenvalue weighted by Gasteiger charge is -2.49. The topological polar surface area (TPSA) is 188 Å². The van der Waals surface area contributed by atoms with Crippen molar-refractivity contribution in [2.75, 3.05) is 11.5 Å². The Hall–Kier alpha value is -6.17. The van der Waals surface area contributed by atoms with E-state index in [4.69, 9.17) is 20.0 Å². The predicted molar refractivity (Wildman–Crippen MR) is 243 cm³/mol. The molecule has 0 spiro atoms. The van der Waals surface area contributed by atoms with Gasteiger partial charge < -0.3 is 25.4 Å². The van der Waals surface area contributed by atoms with Gasteiger partial charge in [-0.25, -0.2) is 9.78 Å². The van der Waals surface area contributed by atoms with Gasteiger partial charge in [-0.05, 0) is 36.0 Å². The summed E-state index contributed by atoms with van der Waals surface area (Å²) < 4.78 is 15.6. The highest BCUT2D eigenvalue weighted by molar-refractivity contribution is 8.00. The molecule has 0 bridgehead atoms. The number of esters is 2. The number of nitrogens with two attached hydrogens (primary N) is 1. The second kappa shape index (κ2) is 19.5. The van der Waals surface area contributed by atoms with Crippen LogP contribution in [0.3, 0.4) is 0 Å². The van der Waals surface area contributed by atoms with Crippen molar-refractivity contribution in [3.8, 4) is 11.3 Å². The van der Waals surface area contributed by atoms with Crippen LogP contribution in [0.4, 0.5) is 5.13 Å². The van der Waals surface area contributed by atoms with Gasteiger partial charge in [-0.1, -0.05) is 134 Å². The molecule has 1 aliphatic carbocycles. The van der Waals surface area contributed by atoms with E-state index in [9.17, 15) is 19.2 Å². The number of aromatic nitrogens is 3. The van der Waals surface area contributed by atoms with E-state index in [0.29, 0.717) is 33.4 Å². The van der Waals surface area contributed by atoms with E-state index >= 15 is 0 Å². The molecule has 324 valence electrons. The van der Waals surface area contributed by atoms with Crippen LogP contribution in [-0.2, 0) is 39.1 Å². The number of nitrogen functional groups attached to an aromatic ring is 1. The van der Waals surface area contributed by atoms with Gasteiger partial charge in [0, 0.05) is 44.7 Å². The number of benzene rings is 3. The minimum atomic E-state index is -1.37. The molecule has 2 fully saturated rings. The van der Waals surface area contributed by atoms with Crippen molar-refractivity contribution >= 4 is 75.8 Å². The maximum atomic E-state index is 14.1. The van der Waals surface area contributed by atoms with Crippen molar-refractivity contribution in [2.45, 2.75) is 69.3 Å². The molecule has 17 heteroatoms. The van der Waals surface area contributed by atoms with Crippen LogP contribution >= 0.6 is 34.6 Å². The van der Waals surface area contributed by atoms with Gasteiger partial charge in [-0.15, -0.1) is 28.2 Å². The van der Waals surface area contributed by atoms with Crippen molar-refractivity contribution in [3.63, 3.8) is 0 Å². The Morgan fingerprint density at radius 2 is 1.62 bits per heavy atom. The number of carbonyl (C=O) groups is 4. The largest absolute Gasteiger partial charge is 0.425 e. The third-order valence-electron chi connectivity index (χ3n) is 11.1. The number of ether oxygens (including phenoxy) is 2. The SMILES string of the molecule is CC(C)C(OC(=O)C1=C(/C=C\c2csnn2)CSC2C(NC(=O)/C=N\OC(c3ccccc3)(c3ccccc3)c3ccccc3-c3csc(N)n3)C(=O)N12)OC(=O)C1CCCCC1. The highest BCUT2D eigenvalue weighted by atomic mass is 32.2. The van der Waals surface area contributed by atoms with E-state index in [2.05, 4.69) is 25.0 Å². The van der Waals surface area contributed by atoms with Gasteiger partial charge in [0.2, 0.25) is 11.9 Å². The third kappa shape index (κ3) is 9.31. The summed E-state index contributed by atoms with van der Waals surface area (Å²) in [6.45, 7) is 3.59. The highest BCUT2D eigenvalue weighted by Crippen LogP contribution is 2.45. The fraction of sp³-hybridized carbons (Fsp3) is 0.304. The number of hydrogen-bond donors (Lipinski definition) is 2. The van der Waals surface area contributed by atoms with Crippen molar-refractivity contribution < 1.29 is 33.5 Å². The Morgan fingerprint density at radius 3 is 2.27 bits per heavy atom. The molecular formula is C46H45N7O7S3. The van der Waals surface area contributed by atoms with Crippen molar-refractivity contribution in [3.05, 3.63) is 135 Å². The van der Waals surface area contributed by atoms with Crippen molar-refractivity contribution in [1.29, 1.82) is 0 Å². The van der Waals surface area contributed by atoms with Crippen LogP contribution in [0.25, 0.3) is 17.3 Å². The summed E-state index contributed by atoms with van der Waals surface area (Å²) in [5.74, 6) is -2.74. The number of allylic oxidation sites excluding steroid dienone is 1. The normalized spacial score (nSPS) is 18.6. The van der Waals surface area contributed by atoms with Gasteiger partial charge in [0.05, 0.1) is 17.3 Å². The van der Waals surface area contributed by atoms with E-state index < -0.39 is 47.1 Å². The van der Waals surface area contributed by atoms with E-state index in [1.807, 2.05) is 90.3 Å². The summed E-state index contributed by atoms with van der Waals surface area (Å²) >= 11 is 3.88. The number of nitrogens with one attached hydrogen (secondary N) is 1. The first-order valence-corrected chi connectivity index (χ1v) is 23.4. The van der Waals surface area contributed by atoms with Gasteiger partial charge in [0.25, 0.3) is 11.8 Å². The number of nitrogens with zero attached hydrogens (tertiary/aromatic N) is 5. The molecule has 0 radical (unpaired) electrons. The molecule has 4 heterocycles. The summed E-state index contributed by atoms with van der Waals surface area (Å²) in [7, 11) is 0. The van der Waals surface area contributed by atoms with Gasteiger partial charge in [-0.2, -0.15) is 0 Å². The standard InChI is InChI=1S/C46H45N7O7S3/c1-28(2)44(58-42(56)29-14-6-3-7-15-29)59-43(57)39-30(22-23-33-26-63-52-51-33)25-61-41-38(40(55)53(39)41)50-37(54)24-48-60-46(31-16-8-4-9-17-31,32-18-10-5-11-19-32)35-21-13-12-20-34(35)36-27-62-45(47)49-36/h4-5,8-13,16-24,26-29,38,41,44H,3,6-7,14-15,25H2,1-2H3,(H2,47,49)(H,50,54)/b23-22-,48-24-. The molecule has 2 amide bonds. The molecule has 8 rings (SSSR count). The van der Waals surface area contributed by atoms with Gasteiger partial charge >= 0.3 is 11.9 Å². The molecule has 1 saturated heterocycles. The van der Waals surface area contributed by atoms with Crippen LogP contribution < -0.4 is 11.1 Å². The number of carbonyl (C=O) groups excluding carboxylic acids is 4. The number of β-lactam (4-membered cyclic amide) rings is 1. The summed E-state index contributed by atoms with van der Waals surface area (Å²) in [4.78, 5) is 67.5. The maximum absolute atomic E-state index is 14.1. The van der Waals surface area contributed by atoms with Crippen LogP contribution in [0, 0.1) is 11.8 Å². The third-order valence-corrected chi connectivity index (χ3v) is 13.6. The number of thiazole rings is 1. The first-order valence-electron chi connectivity index (χ1n) is 20.6. The molecule has 63 heavy (non-hydrogen) atoms. The zero-order valence-corrected chi connectivity index (χ0v) is 36.9. The number of thioether (sulfide) groups is 1. The molecule has 3 atom stereocenters. The zero-order valence-electron chi connectivity index (χ0n) is 34.5. The van der Waals surface area contributed by atoms with Gasteiger partial charge in [-0.3, -0.25) is 19.3 Å². The summed E-state index contributed by atoms with van der Waals surface area (Å²) in [6, 6.07) is 25.8. The van der Waals surface area contributed by atoms with Gasteiger partial charge in [0.15, 0.2) is 5.13 Å². The first kappa shape index (κ1) is 43.5. The fourth-order valence-electron chi connectivity index (χ4n) is 7.94. The Morgan fingerprint density at radius 1 is 0.921 bits per heavy atom. The number of anilines is 1. The number of hydrogen-bond acceptors (Lipinski definition) is 15. The minimum absolute atomic E-state index is 0.00101. The Kier molecular flexibility index (Phi) is 13.4. The predicted octanol–water partition coefficient (Wildman–Crippen LogP) is 7.55. The zero-order chi connectivity index (χ0) is 43.9. The van der Waals surface area contributed by atoms with Gasteiger partial charge in [0.1, 0.15) is 23.3 Å². The molecular weight excluding hydrogens is 859 g/mol. The van der Waals surface area contributed by atoms with Crippen LogP contribution in [0.1, 0.15) is 68.3 Å². The monoisotopic (exact) mass is 903 g/mol. The second-order valence-corrected chi connectivity index (χ2v) is 18.2. The lowest BCUT2D eigenvalue weighted by atomic mass is 9.78. The Bertz CT molecular complexity index is 2480. The minimum Gasteiger partial charge on any atom is -0.425 e. The van der Waals surface area contributed by atoms with Crippen LogP contribution in [0.15, 0.2) is 118 Å².